The highest BCUT2D eigenvalue weighted by Crippen LogP contribution is 2.50. The van der Waals surface area contributed by atoms with Crippen LogP contribution in [0.25, 0.3) is 5.57 Å². The molecule has 0 radical (unpaired) electrons. The van der Waals surface area contributed by atoms with E-state index in [9.17, 15) is 10.1 Å². The monoisotopic (exact) mass is 345 g/mol. The van der Waals surface area contributed by atoms with Crippen LogP contribution >= 0.6 is 0 Å². The summed E-state index contributed by atoms with van der Waals surface area (Å²) in [5.41, 5.74) is 9.64. The first kappa shape index (κ1) is 17.9. The number of nitro benzene ring substituents is 1. The molecule has 3 rings (SSSR count). The van der Waals surface area contributed by atoms with Crippen LogP contribution in [0, 0.1) is 10.1 Å². The second kappa shape index (κ2) is 6.75. The van der Waals surface area contributed by atoms with E-state index >= 15 is 0 Å². The Kier molecular flexibility index (Phi) is 4.64. The van der Waals surface area contributed by atoms with E-state index in [1.54, 1.807) is 12.1 Å². The molecule has 0 aromatic heterocycles. The van der Waals surface area contributed by atoms with Crippen LogP contribution in [-0.2, 0) is 0 Å². The molecular weight excluding hydrogens is 322 g/mol. The summed E-state index contributed by atoms with van der Waals surface area (Å²) < 4.78 is 0. The third-order valence-corrected chi connectivity index (χ3v) is 5.00. The molecule has 1 aliphatic carbocycles. The summed E-state index contributed by atoms with van der Waals surface area (Å²) >= 11 is 0. The summed E-state index contributed by atoms with van der Waals surface area (Å²) in [4.78, 5) is 10.7. The average Bonchev–Trinajstić information content (AvgIpc) is 2.88. The first-order valence-corrected chi connectivity index (χ1v) is 8.71. The highest BCUT2D eigenvalue weighted by atomic mass is 16.6. The maximum Gasteiger partial charge on any atom is 0.269 e. The van der Waals surface area contributed by atoms with Gasteiger partial charge in [-0.25, -0.2) is 0 Å². The second-order valence-corrected chi connectivity index (χ2v) is 7.06. The Bertz CT molecular complexity index is 958. The lowest BCUT2D eigenvalue weighted by atomic mass is 9.81. The fourth-order valence-electron chi connectivity index (χ4n) is 4.00. The summed E-state index contributed by atoms with van der Waals surface area (Å²) in [5, 5.41) is 11.0. The topological polar surface area (TPSA) is 43.1 Å². The van der Waals surface area contributed by atoms with E-state index in [1.165, 1.54) is 33.4 Å². The Labute approximate surface area is 154 Å². The van der Waals surface area contributed by atoms with E-state index in [-0.39, 0.29) is 16.5 Å². The lowest BCUT2D eigenvalue weighted by Gasteiger charge is -2.22. The van der Waals surface area contributed by atoms with E-state index in [2.05, 4.69) is 51.6 Å². The van der Waals surface area contributed by atoms with Crippen molar-refractivity contribution in [3.05, 3.63) is 104 Å². The lowest BCUT2D eigenvalue weighted by molar-refractivity contribution is -0.384. The van der Waals surface area contributed by atoms with Gasteiger partial charge in [-0.05, 0) is 61.1 Å². The molecule has 1 aliphatic rings. The number of rotatable bonds is 4. The SMILES string of the molecule is C=C(C)C(=C(C)C)C1=C(C)c2ccccc2C1c1ccc([N+](=O)[O-])cc1. The quantitative estimate of drug-likeness (QED) is 0.364. The van der Waals surface area contributed by atoms with Crippen LogP contribution in [-0.4, -0.2) is 4.92 Å². The highest BCUT2D eigenvalue weighted by Gasteiger charge is 2.32. The van der Waals surface area contributed by atoms with Crippen LogP contribution < -0.4 is 0 Å². The molecule has 0 fully saturated rings. The summed E-state index contributed by atoms with van der Waals surface area (Å²) in [6.07, 6.45) is 0. The smallest absolute Gasteiger partial charge is 0.258 e. The van der Waals surface area contributed by atoms with E-state index in [4.69, 9.17) is 0 Å². The molecule has 1 atom stereocenters. The molecule has 26 heavy (non-hydrogen) atoms. The molecule has 0 spiro atoms. The van der Waals surface area contributed by atoms with Gasteiger partial charge in [-0.15, -0.1) is 0 Å². The number of benzene rings is 2. The minimum atomic E-state index is -0.357. The number of nitrogens with zero attached hydrogens (tertiary/aromatic N) is 1. The molecule has 2 aromatic carbocycles. The molecule has 0 N–H and O–H groups in total. The first-order chi connectivity index (χ1) is 12.3. The van der Waals surface area contributed by atoms with Gasteiger partial charge in [0.15, 0.2) is 0 Å². The van der Waals surface area contributed by atoms with Gasteiger partial charge < -0.3 is 0 Å². The summed E-state index contributed by atoms with van der Waals surface area (Å²) in [6, 6.07) is 15.3. The van der Waals surface area contributed by atoms with Gasteiger partial charge in [0.05, 0.1) is 4.92 Å². The number of hydrogen-bond acceptors (Lipinski definition) is 2. The largest absolute Gasteiger partial charge is 0.269 e. The van der Waals surface area contributed by atoms with Gasteiger partial charge in [0.2, 0.25) is 0 Å². The fourth-order valence-corrected chi connectivity index (χ4v) is 4.00. The molecule has 3 nitrogen and oxygen atoms in total. The Morgan fingerprint density at radius 2 is 1.65 bits per heavy atom. The third-order valence-electron chi connectivity index (χ3n) is 5.00. The molecule has 2 aromatic rings. The minimum absolute atomic E-state index is 0.0635. The molecular formula is C23H23NO2. The average molecular weight is 345 g/mol. The van der Waals surface area contributed by atoms with Crippen LogP contribution in [0.5, 0.6) is 0 Å². The fraction of sp³-hybridized carbons (Fsp3) is 0.217. The number of nitro groups is 1. The highest BCUT2D eigenvalue weighted by molar-refractivity contribution is 5.84. The Morgan fingerprint density at radius 3 is 2.19 bits per heavy atom. The van der Waals surface area contributed by atoms with Crippen molar-refractivity contribution in [3.8, 4) is 0 Å². The second-order valence-electron chi connectivity index (χ2n) is 7.06. The molecule has 0 saturated carbocycles. The predicted octanol–water partition coefficient (Wildman–Crippen LogP) is 6.43. The Morgan fingerprint density at radius 1 is 1.04 bits per heavy atom. The number of fused-ring (bicyclic) bond motifs is 1. The minimum Gasteiger partial charge on any atom is -0.258 e. The van der Waals surface area contributed by atoms with Gasteiger partial charge in [0.1, 0.15) is 0 Å². The Hall–Kier alpha value is -2.94. The van der Waals surface area contributed by atoms with Crippen molar-refractivity contribution in [1.82, 2.24) is 0 Å². The van der Waals surface area contributed by atoms with Gasteiger partial charge in [0, 0.05) is 18.1 Å². The van der Waals surface area contributed by atoms with Crippen molar-refractivity contribution in [1.29, 1.82) is 0 Å². The van der Waals surface area contributed by atoms with Crippen molar-refractivity contribution in [2.75, 3.05) is 0 Å². The number of hydrogen-bond donors (Lipinski definition) is 0. The van der Waals surface area contributed by atoms with Gasteiger partial charge in [-0.2, -0.15) is 0 Å². The summed E-state index contributed by atoms with van der Waals surface area (Å²) in [5.74, 6) is 0.0635. The van der Waals surface area contributed by atoms with Crippen LogP contribution in [0.1, 0.15) is 50.3 Å². The van der Waals surface area contributed by atoms with E-state index in [1.807, 2.05) is 19.1 Å². The van der Waals surface area contributed by atoms with Gasteiger partial charge in [-0.1, -0.05) is 54.1 Å². The maximum atomic E-state index is 11.0. The van der Waals surface area contributed by atoms with E-state index in [0.29, 0.717) is 0 Å². The number of allylic oxidation sites excluding steroid dienone is 5. The number of non-ortho nitro benzene ring substituents is 1. The molecule has 3 heteroatoms. The van der Waals surface area contributed by atoms with Crippen LogP contribution in [0.4, 0.5) is 5.69 Å². The van der Waals surface area contributed by atoms with Gasteiger partial charge >= 0.3 is 0 Å². The van der Waals surface area contributed by atoms with Crippen LogP contribution in [0.15, 0.2) is 77.4 Å². The van der Waals surface area contributed by atoms with Crippen molar-refractivity contribution in [3.63, 3.8) is 0 Å². The van der Waals surface area contributed by atoms with Crippen molar-refractivity contribution < 1.29 is 4.92 Å². The van der Waals surface area contributed by atoms with Gasteiger partial charge in [-0.3, -0.25) is 10.1 Å². The normalized spacial score (nSPS) is 15.6. The lowest BCUT2D eigenvalue weighted by Crippen LogP contribution is -2.06. The maximum absolute atomic E-state index is 11.0. The van der Waals surface area contributed by atoms with Crippen molar-refractivity contribution in [2.45, 2.75) is 33.6 Å². The molecule has 0 bridgehead atoms. The van der Waals surface area contributed by atoms with Crippen LogP contribution in [0.2, 0.25) is 0 Å². The summed E-state index contributed by atoms with van der Waals surface area (Å²) in [6.45, 7) is 12.6. The zero-order chi connectivity index (χ0) is 19.0. The third kappa shape index (κ3) is 2.90. The van der Waals surface area contributed by atoms with Crippen molar-refractivity contribution >= 4 is 11.3 Å². The standard InChI is InChI=1S/C23H23NO2/c1-14(2)21(15(3)4)22-16(5)19-8-6-7-9-20(19)23(22)17-10-12-18(13-11-17)24(25)26/h6-13,23H,1H2,2-5H3. The first-order valence-electron chi connectivity index (χ1n) is 8.71. The predicted molar refractivity (Wildman–Crippen MR) is 107 cm³/mol. The molecule has 0 heterocycles. The van der Waals surface area contributed by atoms with Crippen molar-refractivity contribution in [2.24, 2.45) is 0 Å². The van der Waals surface area contributed by atoms with E-state index in [0.717, 1.165) is 11.1 Å². The molecule has 1 unspecified atom stereocenters. The van der Waals surface area contributed by atoms with Gasteiger partial charge in [0.25, 0.3) is 5.69 Å². The molecule has 132 valence electrons. The molecule has 0 amide bonds. The Balaban J connectivity index is 2.24. The zero-order valence-corrected chi connectivity index (χ0v) is 15.7. The zero-order valence-electron chi connectivity index (χ0n) is 15.7. The summed E-state index contributed by atoms with van der Waals surface area (Å²) in [7, 11) is 0. The molecule has 0 aliphatic heterocycles. The van der Waals surface area contributed by atoms with Crippen LogP contribution in [0.3, 0.4) is 0 Å². The van der Waals surface area contributed by atoms with E-state index < -0.39 is 0 Å². The molecule has 0 saturated heterocycles.